The van der Waals surface area contributed by atoms with E-state index in [0.717, 1.165) is 27.8 Å². The normalized spacial score (nSPS) is 14.9. The molecule has 250 valence electrons. The molecule has 47 heavy (non-hydrogen) atoms. The first kappa shape index (κ1) is 35.0. The topological polar surface area (TPSA) is 143 Å². The molecule has 10 nitrogen and oxygen atoms in total. The second-order valence-corrected chi connectivity index (χ2v) is 13.0. The molecule has 0 spiro atoms. The second kappa shape index (κ2) is 15.2. The van der Waals surface area contributed by atoms with Gasteiger partial charge in [0.15, 0.2) is 0 Å². The quantitative estimate of drug-likeness (QED) is 0.194. The molecule has 0 aliphatic heterocycles. The maximum absolute atomic E-state index is 13.7. The summed E-state index contributed by atoms with van der Waals surface area (Å²) in [6.45, 7) is 11.0. The number of amides is 3. The third-order valence-electron chi connectivity index (χ3n) is 8.26. The number of carboxylic acids is 1. The number of carbonyl (C=O) groups is 4. The Hall–Kier alpha value is -4.86. The highest BCUT2D eigenvalue weighted by atomic mass is 16.5. The van der Waals surface area contributed by atoms with Gasteiger partial charge in [0.1, 0.15) is 36.1 Å². The van der Waals surface area contributed by atoms with E-state index in [9.17, 15) is 24.3 Å². The summed E-state index contributed by atoms with van der Waals surface area (Å²) in [5, 5.41) is 17.3. The van der Waals surface area contributed by atoms with Crippen LogP contribution in [0.1, 0.15) is 70.6 Å². The summed E-state index contributed by atoms with van der Waals surface area (Å²) < 4.78 is 11.6. The van der Waals surface area contributed by atoms with Gasteiger partial charge in [0.2, 0.25) is 11.8 Å². The molecule has 3 aromatic rings. The lowest BCUT2D eigenvalue weighted by molar-refractivity contribution is -0.141. The molecular weight excluding hydrogens is 598 g/mol. The highest BCUT2D eigenvalue weighted by Crippen LogP contribution is 2.44. The van der Waals surface area contributed by atoms with Gasteiger partial charge < -0.3 is 30.5 Å². The lowest BCUT2D eigenvalue weighted by atomic mass is 9.97. The van der Waals surface area contributed by atoms with Crippen molar-refractivity contribution < 1.29 is 33.8 Å². The van der Waals surface area contributed by atoms with Crippen LogP contribution < -0.4 is 20.7 Å². The Bertz CT molecular complexity index is 1540. The zero-order chi connectivity index (χ0) is 34.3. The van der Waals surface area contributed by atoms with E-state index in [1.165, 1.54) is 6.92 Å². The van der Waals surface area contributed by atoms with Crippen LogP contribution in [0.4, 0.5) is 4.79 Å². The summed E-state index contributed by atoms with van der Waals surface area (Å²) in [5.74, 6) is -2.24. The number of alkyl carbamates (subject to hydrolysis) is 1. The molecule has 10 heteroatoms. The van der Waals surface area contributed by atoms with Crippen molar-refractivity contribution in [1.82, 2.24) is 16.0 Å². The van der Waals surface area contributed by atoms with Crippen LogP contribution in [0, 0.1) is 5.92 Å². The number of ether oxygens (including phenoxy) is 2. The Morgan fingerprint density at radius 3 is 1.91 bits per heavy atom. The van der Waals surface area contributed by atoms with Gasteiger partial charge in [-0.25, -0.2) is 4.79 Å². The Morgan fingerprint density at radius 1 is 0.809 bits per heavy atom. The van der Waals surface area contributed by atoms with Crippen LogP contribution in [-0.4, -0.2) is 59.3 Å². The molecule has 1 aliphatic carbocycles. The standard InChI is InChI=1S/C37H45N3O7/c1-7-22(2)32(40-36(45)46-21-30-28-14-10-8-12-26(28)27-13-9-11-15-29(27)30)34(42)39-31(33(41)38-23(3)35(43)44)20-24-16-18-25(19-17-24)47-37(4,5)6/h8-19,22-23,30-32H,7,20-21H2,1-6H3,(H,38,41)(H,39,42)(H,40,45)(H,43,44)/t22?,23-,31-,32-/m0/s1. The summed E-state index contributed by atoms with van der Waals surface area (Å²) in [6, 6.07) is 19.9. The minimum absolute atomic E-state index is 0.0812. The van der Waals surface area contributed by atoms with Crippen LogP contribution in [0.15, 0.2) is 72.8 Å². The summed E-state index contributed by atoms with van der Waals surface area (Å²) in [6.07, 6.45) is -0.107. The molecule has 3 aromatic carbocycles. The molecule has 0 aromatic heterocycles. The first-order valence-corrected chi connectivity index (χ1v) is 16.0. The van der Waals surface area contributed by atoms with Gasteiger partial charge in [0, 0.05) is 12.3 Å². The number of aliphatic carboxylic acids is 1. The molecule has 4 N–H and O–H groups in total. The fourth-order valence-corrected chi connectivity index (χ4v) is 5.60. The summed E-state index contributed by atoms with van der Waals surface area (Å²) in [5.41, 5.74) is 4.68. The van der Waals surface area contributed by atoms with E-state index in [4.69, 9.17) is 9.47 Å². The smallest absolute Gasteiger partial charge is 0.407 e. The Labute approximate surface area is 276 Å². The van der Waals surface area contributed by atoms with Crippen LogP contribution in [0.25, 0.3) is 11.1 Å². The highest BCUT2D eigenvalue weighted by molar-refractivity contribution is 5.93. The lowest BCUT2D eigenvalue weighted by Gasteiger charge is -2.27. The van der Waals surface area contributed by atoms with Gasteiger partial charge in [-0.05, 0) is 73.6 Å². The predicted molar refractivity (Wildman–Crippen MR) is 179 cm³/mol. The summed E-state index contributed by atoms with van der Waals surface area (Å²) in [7, 11) is 0. The average Bonchev–Trinajstić information content (AvgIpc) is 3.35. The van der Waals surface area contributed by atoms with Crippen LogP contribution in [-0.2, 0) is 25.5 Å². The Morgan fingerprint density at radius 2 is 1.38 bits per heavy atom. The number of benzene rings is 3. The fourth-order valence-electron chi connectivity index (χ4n) is 5.60. The highest BCUT2D eigenvalue weighted by Gasteiger charge is 2.33. The van der Waals surface area contributed by atoms with Crippen LogP contribution in [0.3, 0.4) is 0 Å². The van der Waals surface area contributed by atoms with Crippen molar-refractivity contribution in [3.8, 4) is 16.9 Å². The molecule has 3 amide bonds. The second-order valence-electron chi connectivity index (χ2n) is 13.0. The van der Waals surface area contributed by atoms with Gasteiger partial charge in [-0.2, -0.15) is 0 Å². The summed E-state index contributed by atoms with van der Waals surface area (Å²) in [4.78, 5) is 51.6. The van der Waals surface area contributed by atoms with Gasteiger partial charge in [-0.3, -0.25) is 14.4 Å². The van der Waals surface area contributed by atoms with Crippen molar-refractivity contribution in [3.63, 3.8) is 0 Å². The lowest BCUT2D eigenvalue weighted by Crippen LogP contribution is -2.57. The van der Waals surface area contributed by atoms with Crippen molar-refractivity contribution in [2.75, 3.05) is 6.61 Å². The molecule has 0 fully saturated rings. The number of fused-ring (bicyclic) bond motifs is 3. The van der Waals surface area contributed by atoms with Crippen LogP contribution in [0.5, 0.6) is 5.75 Å². The van der Waals surface area contributed by atoms with E-state index >= 15 is 0 Å². The number of hydrogen-bond acceptors (Lipinski definition) is 6. The molecule has 0 radical (unpaired) electrons. The van der Waals surface area contributed by atoms with E-state index in [1.807, 2.05) is 71.0 Å². The Balaban J connectivity index is 1.47. The maximum atomic E-state index is 13.7. The molecular formula is C37H45N3O7. The molecule has 0 heterocycles. The van der Waals surface area contributed by atoms with E-state index in [0.29, 0.717) is 12.2 Å². The molecule has 1 aliphatic rings. The minimum Gasteiger partial charge on any atom is -0.488 e. The number of nitrogens with one attached hydrogen (secondary N) is 3. The third kappa shape index (κ3) is 9.12. The fraction of sp³-hybridized carbons (Fsp3) is 0.405. The molecule has 1 unspecified atom stereocenters. The number of carbonyl (C=O) groups excluding carboxylic acids is 3. The van der Waals surface area contributed by atoms with Crippen molar-refractivity contribution in [2.24, 2.45) is 5.92 Å². The molecule has 4 rings (SSSR count). The third-order valence-corrected chi connectivity index (χ3v) is 8.26. The number of carboxylic acid groups (broad SMARTS) is 1. The van der Waals surface area contributed by atoms with Gasteiger partial charge >= 0.3 is 12.1 Å². The van der Waals surface area contributed by atoms with E-state index in [-0.39, 0.29) is 24.9 Å². The van der Waals surface area contributed by atoms with Crippen molar-refractivity contribution in [3.05, 3.63) is 89.5 Å². The van der Waals surface area contributed by atoms with Crippen molar-refractivity contribution in [2.45, 2.75) is 84.0 Å². The van der Waals surface area contributed by atoms with Crippen molar-refractivity contribution >= 4 is 23.9 Å². The van der Waals surface area contributed by atoms with Crippen molar-refractivity contribution in [1.29, 1.82) is 0 Å². The maximum Gasteiger partial charge on any atom is 0.407 e. The van der Waals surface area contributed by atoms with E-state index in [2.05, 4.69) is 28.1 Å². The zero-order valence-electron chi connectivity index (χ0n) is 27.8. The van der Waals surface area contributed by atoms with Gasteiger partial charge in [-0.15, -0.1) is 0 Å². The number of rotatable bonds is 13. The van der Waals surface area contributed by atoms with Gasteiger partial charge in [0.25, 0.3) is 0 Å². The first-order chi connectivity index (χ1) is 22.3. The largest absolute Gasteiger partial charge is 0.488 e. The van der Waals surface area contributed by atoms with Gasteiger partial charge in [-0.1, -0.05) is 80.9 Å². The van der Waals surface area contributed by atoms with Crippen LogP contribution >= 0.6 is 0 Å². The predicted octanol–water partition coefficient (Wildman–Crippen LogP) is 5.43. The molecule has 4 atom stereocenters. The molecule has 0 saturated carbocycles. The Kier molecular flexibility index (Phi) is 11.3. The van der Waals surface area contributed by atoms with Crippen LogP contribution in [0.2, 0.25) is 0 Å². The SMILES string of the molecule is CCC(C)[C@H](NC(=O)OCC1c2ccccc2-c2ccccc21)C(=O)N[C@@H](Cc1ccc(OC(C)(C)C)cc1)C(=O)N[C@@H](C)C(=O)O. The summed E-state index contributed by atoms with van der Waals surface area (Å²) >= 11 is 0. The molecule has 0 bridgehead atoms. The van der Waals surface area contributed by atoms with Gasteiger partial charge in [0.05, 0.1) is 0 Å². The van der Waals surface area contributed by atoms with E-state index in [1.54, 1.807) is 24.3 Å². The monoisotopic (exact) mass is 643 g/mol. The first-order valence-electron chi connectivity index (χ1n) is 16.0. The van der Waals surface area contributed by atoms with E-state index < -0.39 is 47.6 Å². The minimum atomic E-state index is -1.21. The number of hydrogen-bond donors (Lipinski definition) is 4. The zero-order valence-corrected chi connectivity index (χ0v) is 27.8. The molecule has 0 saturated heterocycles. The average molecular weight is 644 g/mol.